The SMILES string of the molecule is CC1OCCC1N1C(=O)C2(CC2)NC1c1ccsc1. The molecule has 1 aromatic heterocycles. The Morgan fingerprint density at radius 2 is 2.37 bits per heavy atom. The van der Waals surface area contributed by atoms with Gasteiger partial charge in [0.1, 0.15) is 11.7 Å². The van der Waals surface area contributed by atoms with Crippen molar-refractivity contribution in [2.24, 2.45) is 0 Å². The Hall–Kier alpha value is -0.910. The average Bonchev–Trinajstić information content (AvgIpc) is 2.78. The van der Waals surface area contributed by atoms with Crippen molar-refractivity contribution in [1.82, 2.24) is 10.2 Å². The van der Waals surface area contributed by atoms with Gasteiger partial charge in [-0.25, -0.2) is 0 Å². The largest absolute Gasteiger partial charge is 0.376 e. The van der Waals surface area contributed by atoms with Crippen LogP contribution in [0.1, 0.15) is 37.9 Å². The second kappa shape index (κ2) is 4.04. The van der Waals surface area contributed by atoms with Crippen LogP contribution in [0.25, 0.3) is 0 Å². The zero-order valence-electron chi connectivity index (χ0n) is 11.0. The predicted octanol–water partition coefficient (Wildman–Crippen LogP) is 1.89. The van der Waals surface area contributed by atoms with Crippen molar-refractivity contribution in [3.05, 3.63) is 22.4 Å². The minimum atomic E-state index is -0.255. The molecular formula is C14H18N2O2S. The van der Waals surface area contributed by atoms with E-state index < -0.39 is 0 Å². The lowest BCUT2D eigenvalue weighted by atomic mass is 10.1. The highest BCUT2D eigenvalue weighted by Gasteiger charge is 2.61. The van der Waals surface area contributed by atoms with Crippen LogP contribution in [0.2, 0.25) is 0 Å². The quantitative estimate of drug-likeness (QED) is 0.898. The monoisotopic (exact) mass is 278 g/mol. The fourth-order valence-electron chi connectivity index (χ4n) is 3.34. The summed E-state index contributed by atoms with van der Waals surface area (Å²) in [6, 6.07) is 2.33. The van der Waals surface area contributed by atoms with Crippen LogP contribution in [-0.4, -0.2) is 35.1 Å². The van der Waals surface area contributed by atoms with Crippen molar-refractivity contribution in [2.45, 2.75) is 50.0 Å². The first-order valence-corrected chi connectivity index (χ1v) is 7.90. The van der Waals surface area contributed by atoms with E-state index in [1.165, 1.54) is 5.56 Å². The van der Waals surface area contributed by atoms with Crippen LogP contribution in [0.5, 0.6) is 0 Å². The number of nitrogens with one attached hydrogen (secondary N) is 1. The maximum Gasteiger partial charge on any atom is 0.244 e. The summed E-state index contributed by atoms with van der Waals surface area (Å²) in [7, 11) is 0. The van der Waals surface area contributed by atoms with E-state index >= 15 is 0 Å². The lowest BCUT2D eigenvalue weighted by Crippen LogP contribution is -2.43. The minimum absolute atomic E-state index is 0.0374. The molecule has 5 heteroatoms. The number of amides is 1. The van der Waals surface area contributed by atoms with Crippen LogP contribution in [0.4, 0.5) is 0 Å². The second-order valence-corrected chi connectivity index (χ2v) is 6.61. The van der Waals surface area contributed by atoms with Gasteiger partial charge in [-0.3, -0.25) is 10.1 Å². The highest BCUT2D eigenvalue weighted by Crippen LogP contribution is 2.48. The molecule has 1 aromatic rings. The van der Waals surface area contributed by atoms with Crippen molar-refractivity contribution in [2.75, 3.05) is 6.61 Å². The van der Waals surface area contributed by atoms with Gasteiger partial charge >= 0.3 is 0 Å². The van der Waals surface area contributed by atoms with Gasteiger partial charge in [-0.15, -0.1) is 0 Å². The average molecular weight is 278 g/mol. The van der Waals surface area contributed by atoms with E-state index in [0.717, 1.165) is 25.9 Å². The summed E-state index contributed by atoms with van der Waals surface area (Å²) in [6.07, 6.45) is 3.08. The minimum Gasteiger partial charge on any atom is -0.376 e. The summed E-state index contributed by atoms with van der Waals surface area (Å²) < 4.78 is 5.66. The van der Waals surface area contributed by atoms with E-state index in [4.69, 9.17) is 4.74 Å². The molecule has 4 nitrogen and oxygen atoms in total. The molecule has 3 fully saturated rings. The van der Waals surface area contributed by atoms with Gasteiger partial charge in [0.05, 0.1) is 12.1 Å². The molecule has 1 aliphatic carbocycles. The summed E-state index contributed by atoms with van der Waals surface area (Å²) in [5.74, 6) is 0.283. The maximum atomic E-state index is 12.7. The van der Waals surface area contributed by atoms with Gasteiger partial charge in [0.25, 0.3) is 0 Å². The summed E-state index contributed by atoms with van der Waals surface area (Å²) in [4.78, 5) is 14.8. The number of carbonyl (C=O) groups is 1. The Morgan fingerprint density at radius 1 is 1.53 bits per heavy atom. The Bertz CT molecular complexity index is 498. The normalized spacial score (nSPS) is 36.4. The lowest BCUT2D eigenvalue weighted by Gasteiger charge is -2.31. The second-order valence-electron chi connectivity index (χ2n) is 5.83. The number of nitrogens with zero attached hydrogens (tertiary/aromatic N) is 1. The van der Waals surface area contributed by atoms with Crippen LogP contribution in [0.3, 0.4) is 0 Å². The summed E-state index contributed by atoms with van der Waals surface area (Å²) in [5.41, 5.74) is 0.954. The van der Waals surface area contributed by atoms with Crippen molar-refractivity contribution in [3.8, 4) is 0 Å². The maximum absolute atomic E-state index is 12.7. The number of rotatable bonds is 2. The molecule has 2 aliphatic heterocycles. The molecule has 1 saturated carbocycles. The standard InChI is InChI=1S/C14H18N2O2S/c1-9-11(2-6-18-9)16-12(10-3-7-19-8-10)15-14(4-5-14)13(16)17/h3,7-9,11-12,15H,2,4-6H2,1H3. The number of hydrogen-bond donors (Lipinski definition) is 1. The molecule has 3 atom stereocenters. The summed E-state index contributed by atoms with van der Waals surface area (Å²) in [6.45, 7) is 2.84. The van der Waals surface area contributed by atoms with Gasteiger partial charge < -0.3 is 9.64 Å². The van der Waals surface area contributed by atoms with Gasteiger partial charge in [0.15, 0.2) is 0 Å². The zero-order valence-corrected chi connectivity index (χ0v) is 11.8. The smallest absolute Gasteiger partial charge is 0.244 e. The van der Waals surface area contributed by atoms with Crippen LogP contribution >= 0.6 is 11.3 Å². The molecule has 3 heterocycles. The molecule has 3 unspecified atom stereocenters. The molecule has 4 rings (SSSR count). The van der Waals surface area contributed by atoms with Crippen LogP contribution in [0, 0.1) is 0 Å². The molecule has 0 bridgehead atoms. The van der Waals surface area contributed by atoms with Crippen molar-refractivity contribution in [3.63, 3.8) is 0 Å². The van der Waals surface area contributed by atoms with Crippen molar-refractivity contribution in [1.29, 1.82) is 0 Å². The zero-order chi connectivity index (χ0) is 13.0. The predicted molar refractivity (Wildman–Crippen MR) is 72.8 cm³/mol. The number of carbonyl (C=O) groups excluding carboxylic acids is 1. The molecule has 1 amide bonds. The molecule has 2 saturated heterocycles. The molecular weight excluding hydrogens is 260 g/mol. The van der Waals surface area contributed by atoms with Gasteiger partial charge in [-0.05, 0) is 48.6 Å². The van der Waals surface area contributed by atoms with Crippen LogP contribution in [-0.2, 0) is 9.53 Å². The summed E-state index contributed by atoms with van der Waals surface area (Å²) in [5, 5.41) is 7.78. The molecule has 0 radical (unpaired) electrons. The van der Waals surface area contributed by atoms with Crippen molar-refractivity contribution >= 4 is 17.2 Å². The van der Waals surface area contributed by atoms with Gasteiger partial charge in [-0.1, -0.05) is 0 Å². The molecule has 1 N–H and O–H groups in total. The van der Waals surface area contributed by atoms with Crippen LogP contribution < -0.4 is 5.32 Å². The topological polar surface area (TPSA) is 41.6 Å². The van der Waals surface area contributed by atoms with E-state index in [1.807, 2.05) is 0 Å². The first-order valence-electron chi connectivity index (χ1n) is 6.95. The molecule has 102 valence electrons. The molecule has 3 aliphatic rings. The Labute approximate surface area is 116 Å². The molecule has 19 heavy (non-hydrogen) atoms. The Balaban J connectivity index is 1.70. The van der Waals surface area contributed by atoms with Crippen molar-refractivity contribution < 1.29 is 9.53 Å². The van der Waals surface area contributed by atoms with E-state index in [0.29, 0.717) is 0 Å². The molecule has 1 spiro atoms. The highest BCUT2D eigenvalue weighted by atomic mass is 32.1. The third-order valence-corrected chi connectivity index (χ3v) is 5.34. The van der Waals surface area contributed by atoms with Gasteiger partial charge in [0, 0.05) is 6.61 Å². The fraction of sp³-hybridized carbons (Fsp3) is 0.643. The molecule has 0 aromatic carbocycles. The number of ether oxygens (including phenoxy) is 1. The fourth-order valence-corrected chi connectivity index (χ4v) is 4.02. The highest BCUT2D eigenvalue weighted by molar-refractivity contribution is 7.07. The Morgan fingerprint density at radius 3 is 2.95 bits per heavy atom. The first kappa shape index (κ1) is 11.9. The van der Waals surface area contributed by atoms with E-state index in [1.54, 1.807) is 11.3 Å². The third-order valence-electron chi connectivity index (χ3n) is 4.64. The third kappa shape index (κ3) is 1.68. The van der Waals surface area contributed by atoms with E-state index in [-0.39, 0.29) is 29.8 Å². The summed E-state index contributed by atoms with van der Waals surface area (Å²) >= 11 is 1.68. The number of thiophene rings is 1. The first-order chi connectivity index (χ1) is 9.21. The van der Waals surface area contributed by atoms with Gasteiger partial charge in [0.2, 0.25) is 5.91 Å². The van der Waals surface area contributed by atoms with Gasteiger partial charge in [-0.2, -0.15) is 11.3 Å². The van der Waals surface area contributed by atoms with E-state index in [9.17, 15) is 4.79 Å². The van der Waals surface area contributed by atoms with E-state index in [2.05, 4.69) is 34.0 Å². The Kier molecular flexibility index (Phi) is 2.53. The van der Waals surface area contributed by atoms with Crippen LogP contribution in [0.15, 0.2) is 16.8 Å². The number of hydrogen-bond acceptors (Lipinski definition) is 4. The lowest BCUT2D eigenvalue weighted by molar-refractivity contribution is -0.134.